The highest BCUT2D eigenvalue weighted by atomic mass is 35.5. The van der Waals surface area contributed by atoms with Crippen molar-refractivity contribution in [2.45, 2.75) is 26.8 Å². The van der Waals surface area contributed by atoms with Gasteiger partial charge in [-0.25, -0.2) is 8.42 Å². The Morgan fingerprint density at radius 3 is 2.20 bits per heavy atom. The van der Waals surface area contributed by atoms with E-state index in [1.807, 2.05) is 19.9 Å². The van der Waals surface area contributed by atoms with Gasteiger partial charge in [0.2, 0.25) is 15.9 Å². The zero-order chi connectivity index (χ0) is 18.8. The predicted molar refractivity (Wildman–Crippen MR) is 103 cm³/mol. The van der Waals surface area contributed by atoms with E-state index in [9.17, 15) is 13.2 Å². The van der Waals surface area contributed by atoms with Gasteiger partial charge < -0.3 is 5.32 Å². The molecule has 0 aliphatic carbocycles. The monoisotopic (exact) mass is 380 g/mol. The van der Waals surface area contributed by atoms with E-state index in [2.05, 4.69) is 5.32 Å². The van der Waals surface area contributed by atoms with Crippen LogP contribution in [0.2, 0.25) is 5.02 Å². The Bertz CT molecular complexity index is 880. The molecule has 0 saturated carbocycles. The molecule has 2 aromatic carbocycles. The number of nitrogens with zero attached hydrogens (tertiary/aromatic N) is 1. The molecule has 0 heterocycles. The summed E-state index contributed by atoms with van der Waals surface area (Å²) in [5.41, 5.74) is 3.02. The highest BCUT2D eigenvalue weighted by Crippen LogP contribution is 2.24. The van der Waals surface area contributed by atoms with Gasteiger partial charge in [-0.05, 0) is 68.3 Å². The number of aryl methyl sites for hydroxylation is 2. The number of nitrogens with one attached hydrogen (secondary N) is 1. The topological polar surface area (TPSA) is 66.5 Å². The van der Waals surface area contributed by atoms with E-state index in [1.54, 1.807) is 43.3 Å². The normalized spacial score (nSPS) is 12.5. The Morgan fingerprint density at radius 2 is 1.68 bits per heavy atom. The second-order valence-corrected chi connectivity index (χ2v) is 8.30. The van der Waals surface area contributed by atoms with Crippen LogP contribution < -0.4 is 9.62 Å². The van der Waals surface area contributed by atoms with Crippen molar-refractivity contribution in [1.82, 2.24) is 0 Å². The molecule has 2 aromatic rings. The molecule has 2 rings (SSSR count). The molecule has 0 aliphatic heterocycles. The van der Waals surface area contributed by atoms with Crippen molar-refractivity contribution in [2.24, 2.45) is 0 Å². The maximum atomic E-state index is 12.6. The highest BCUT2D eigenvalue weighted by molar-refractivity contribution is 7.92. The first-order valence-electron chi connectivity index (χ1n) is 7.72. The molecule has 25 heavy (non-hydrogen) atoms. The summed E-state index contributed by atoms with van der Waals surface area (Å²) < 4.78 is 25.7. The summed E-state index contributed by atoms with van der Waals surface area (Å²) in [6.45, 7) is 5.40. The quantitative estimate of drug-likeness (QED) is 0.858. The molecule has 1 N–H and O–H groups in total. The van der Waals surface area contributed by atoms with Gasteiger partial charge in [0, 0.05) is 10.7 Å². The molecule has 0 radical (unpaired) electrons. The minimum atomic E-state index is -3.64. The lowest BCUT2D eigenvalue weighted by molar-refractivity contribution is -0.116. The number of sulfonamides is 1. The van der Waals surface area contributed by atoms with Crippen LogP contribution in [0.25, 0.3) is 0 Å². The van der Waals surface area contributed by atoms with Crippen molar-refractivity contribution >= 4 is 38.9 Å². The fourth-order valence-corrected chi connectivity index (χ4v) is 3.74. The van der Waals surface area contributed by atoms with Crippen LogP contribution in [-0.4, -0.2) is 26.6 Å². The lowest BCUT2D eigenvalue weighted by Gasteiger charge is -2.28. The van der Waals surface area contributed by atoms with E-state index in [4.69, 9.17) is 11.6 Å². The van der Waals surface area contributed by atoms with Gasteiger partial charge in [0.15, 0.2) is 0 Å². The lowest BCUT2D eigenvalue weighted by Crippen LogP contribution is -2.45. The third-order valence-corrected chi connectivity index (χ3v) is 5.44. The number of anilines is 2. The highest BCUT2D eigenvalue weighted by Gasteiger charge is 2.29. The maximum Gasteiger partial charge on any atom is 0.247 e. The van der Waals surface area contributed by atoms with Gasteiger partial charge >= 0.3 is 0 Å². The largest absolute Gasteiger partial charge is 0.324 e. The second-order valence-electron chi connectivity index (χ2n) is 6.00. The van der Waals surface area contributed by atoms with Crippen molar-refractivity contribution in [3.8, 4) is 0 Å². The molecule has 0 unspecified atom stereocenters. The first-order valence-corrected chi connectivity index (χ1v) is 9.95. The average Bonchev–Trinajstić information content (AvgIpc) is 2.51. The van der Waals surface area contributed by atoms with Gasteiger partial charge in [0.1, 0.15) is 6.04 Å². The van der Waals surface area contributed by atoms with Gasteiger partial charge in [-0.1, -0.05) is 17.7 Å². The summed E-state index contributed by atoms with van der Waals surface area (Å²) in [4.78, 5) is 12.6. The van der Waals surface area contributed by atoms with Crippen LogP contribution in [-0.2, 0) is 14.8 Å². The second kappa shape index (κ2) is 7.45. The van der Waals surface area contributed by atoms with E-state index in [0.717, 1.165) is 21.7 Å². The summed E-state index contributed by atoms with van der Waals surface area (Å²) in [6.07, 6.45) is 1.09. The van der Waals surface area contributed by atoms with Gasteiger partial charge in [-0.15, -0.1) is 0 Å². The Labute approximate surface area is 153 Å². The Balaban J connectivity index is 2.32. The zero-order valence-corrected chi connectivity index (χ0v) is 16.1. The zero-order valence-electron chi connectivity index (χ0n) is 14.6. The summed E-state index contributed by atoms with van der Waals surface area (Å²) in [5, 5.41) is 3.27. The number of carbonyl (C=O) groups excluding carboxylic acids is 1. The van der Waals surface area contributed by atoms with Gasteiger partial charge in [0.05, 0.1) is 11.9 Å². The number of carbonyl (C=O) groups is 1. The van der Waals surface area contributed by atoms with Gasteiger partial charge in [-0.2, -0.15) is 0 Å². The van der Waals surface area contributed by atoms with Crippen molar-refractivity contribution < 1.29 is 13.2 Å². The Hall–Kier alpha value is -2.05. The number of rotatable bonds is 5. The molecular weight excluding hydrogens is 360 g/mol. The van der Waals surface area contributed by atoms with Crippen molar-refractivity contribution in [2.75, 3.05) is 15.9 Å². The molecule has 0 bridgehead atoms. The molecule has 134 valence electrons. The molecule has 0 fully saturated rings. The average molecular weight is 381 g/mol. The number of halogens is 1. The third-order valence-electron chi connectivity index (χ3n) is 3.95. The van der Waals surface area contributed by atoms with Crippen LogP contribution in [0.4, 0.5) is 11.4 Å². The Morgan fingerprint density at radius 1 is 1.08 bits per heavy atom. The molecule has 7 heteroatoms. The van der Waals surface area contributed by atoms with E-state index in [0.29, 0.717) is 16.4 Å². The number of benzene rings is 2. The molecule has 0 aromatic heterocycles. The summed E-state index contributed by atoms with van der Waals surface area (Å²) >= 11 is 5.83. The van der Waals surface area contributed by atoms with Crippen molar-refractivity contribution in [3.05, 3.63) is 58.6 Å². The standard InChI is InChI=1S/C18H21ClN2O3S/c1-12-5-10-17(11-13(12)2)21(25(4,23)24)14(3)18(22)20-16-8-6-15(19)7-9-16/h5-11,14H,1-4H3,(H,20,22)/t14-/m1/s1. The SMILES string of the molecule is Cc1ccc(N([C@H](C)C(=O)Nc2ccc(Cl)cc2)S(C)(=O)=O)cc1C. The molecule has 1 amide bonds. The fourth-order valence-electron chi connectivity index (χ4n) is 2.45. The van der Waals surface area contributed by atoms with Gasteiger partial charge in [-0.3, -0.25) is 9.10 Å². The molecule has 0 saturated heterocycles. The fraction of sp³-hybridized carbons (Fsp3) is 0.278. The van der Waals surface area contributed by atoms with E-state index in [-0.39, 0.29) is 0 Å². The summed E-state index contributed by atoms with van der Waals surface area (Å²) in [5.74, 6) is -0.425. The van der Waals surface area contributed by atoms with E-state index < -0.39 is 22.0 Å². The molecule has 1 atom stereocenters. The summed E-state index contributed by atoms with van der Waals surface area (Å²) in [6, 6.07) is 11.0. The number of hydrogen-bond donors (Lipinski definition) is 1. The number of amides is 1. The first kappa shape index (κ1) is 19.3. The van der Waals surface area contributed by atoms with Crippen LogP contribution in [0.3, 0.4) is 0 Å². The number of hydrogen-bond acceptors (Lipinski definition) is 3. The maximum absolute atomic E-state index is 12.6. The minimum absolute atomic E-state index is 0.425. The Kier molecular flexibility index (Phi) is 5.75. The van der Waals surface area contributed by atoms with E-state index in [1.165, 1.54) is 0 Å². The third kappa shape index (κ3) is 4.74. The van der Waals surface area contributed by atoms with Crippen LogP contribution in [0.15, 0.2) is 42.5 Å². The molecule has 5 nitrogen and oxygen atoms in total. The van der Waals surface area contributed by atoms with Crippen LogP contribution in [0, 0.1) is 13.8 Å². The van der Waals surface area contributed by atoms with Crippen molar-refractivity contribution in [1.29, 1.82) is 0 Å². The molecule has 0 aliphatic rings. The van der Waals surface area contributed by atoms with Crippen molar-refractivity contribution in [3.63, 3.8) is 0 Å². The molecule has 0 spiro atoms. The first-order chi connectivity index (χ1) is 11.6. The van der Waals surface area contributed by atoms with Gasteiger partial charge in [0.25, 0.3) is 0 Å². The van der Waals surface area contributed by atoms with Crippen LogP contribution in [0.5, 0.6) is 0 Å². The van der Waals surface area contributed by atoms with Crippen LogP contribution >= 0.6 is 11.6 Å². The predicted octanol–water partition coefficient (Wildman–Crippen LogP) is 3.75. The minimum Gasteiger partial charge on any atom is -0.324 e. The lowest BCUT2D eigenvalue weighted by atomic mass is 10.1. The summed E-state index contributed by atoms with van der Waals surface area (Å²) in [7, 11) is -3.64. The smallest absolute Gasteiger partial charge is 0.247 e. The van der Waals surface area contributed by atoms with Crippen LogP contribution in [0.1, 0.15) is 18.1 Å². The van der Waals surface area contributed by atoms with E-state index >= 15 is 0 Å². The molecular formula is C18H21ClN2O3S.